The Labute approximate surface area is 364 Å². The van der Waals surface area contributed by atoms with Crippen LogP contribution in [0, 0.1) is 29.1 Å². The number of ketones is 2. The Morgan fingerprint density at radius 2 is 1.39 bits per heavy atom. The average Bonchev–Trinajstić information content (AvgIpc) is 4.17. The van der Waals surface area contributed by atoms with Crippen molar-refractivity contribution >= 4 is 35.0 Å². The van der Waals surface area contributed by atoms with Gasteiger partial charge in [-0.15, -0.1) is 0 Å². The Balaban J connectivity index is 0.932. The van der Waals surface area contributed by atoms with Crippen LogP contribution in [0.2, 0.25) is 0 Å². The molecule has 2 saturated carbocycles. The van der Waals surface area contributed by atoms with Crippen molar-refractivity contribution in [2.75, 3.05) is 26.2 Å². The number of unbranched alkanes of at least 4 members (excludes halogenated alkanes) is 11. The summed E-state index contributed by atoms with van der Waals surface area (Å²) in [6.07, 6.45) is 21.1. The molecule has 3 amide bonds. The fourth-order valence-corrected chi connectivity index (χ4v) is 9.31. The quantitative estimate of drug-likeness (QED) is 0.0341. The summed E-state index contributed by atoms with van der Waals surface area (Å²) >= 11 is 0. The molecule has 61 heavy (non-hydrogen) atoms. The van der Waals surface area contributed by atoms with E-state index in [4.69, 9.17) is 5.41 Å². The van der Waals surface area contributed by atoms with Crippen LogP contribution < -0.4 is 16.0 Å². The fourth-order valence-electron chi connectivity index (χ4n) is 9.31. The number of hydrogen-bond acceptors (Lipinski definition) is 7. The van der Waals surface area contributed by atoms with Gasteiger partial charge in [0.15, 0.2) is 11.6 Å². The Morgan fingerprint density at radius 1 is 0.770 bits per heavy atom. The van der Waals surface area contributed by atoms with Gasteiger partial charge in [0.05, 0.1) is 23.6 Å². The van der Waals surface area contributed by atoms with Crippen LogP contribution in [0.15, 0.2) is 66.2 Å². The number of carbonyl (C=O) groups excluding carboxylic acids is 5. The highest BCUT2D eigenvalue weighted by molar-refractivity contribution is 6.40. The number of rotatable bonds is 25. The minimum atomic E-state index is -0.771. The molecule has 6 rings (SSSR count). The van der Waals surface area contributed by atoms with Crippen molar-refractivity contribution < 1.29 is 24.0 Å². The molecule has 4 aliphatic rings. The molecule has 2 aliphatic heterocycles. The smallest absolute Gasteiger partial charge is 0.253 e. The maximum atomic E-state index is 13.8. The first-order chi connectivity index (χ1) is 29.6. The molecule has 2 aromatic rings. The normalized spacial score (nSPS) is 24.3. The second-order valence-corrected chi connectivity index (χ2v) is 18.5. The van der Waals surface area contributed by atoms with Gasteiger partial charge in [-0.2, -0.15) is 0 Å². The highest BCUT2D eigenvalue weighted by Gasteiger charge is 2.47. The van der Waals surface area contributed by atoms with Gasteiger partial charge in [0.2, 0.25) is 11.8 Å². The molecule has 2 aromatic carbocycles. The Morgan fingerprint density at radius 3 is 2.05 bits per heavy atom. The molecule has 2 heterocycles. The number of benzene rings is 2. The molecule has 1 saturated heterocycles. The summed E-state index contributed by atoms with van der Waals surface area (Å²) in [5, 5.41) is 18.3. The predicted octanol–water partition coefficient (Wildman–Crippen LogP) is 8.75. The van der Waals surface area contributed by atoms with Crippen molar-refractivity contribution in [3.8, 4) is 0 Å². The van der Waals surface area contributed by atoms with Gasteiger partial charge in [0.1, 0.15) is 0 Å². The van der Waals surface area contributed by atoms with Gasteiger partial charge in [-0.25, -0.2) is 0 Å². The van der Waals surface area contributed by atoms with Crippen LogP contribution in [0.1, 0.15) is 162 Å². The third-order valence-corrected chi connectivity index (χ3v) is 13.6. The third kappa shape index (κ3) is 13.8. The lowest BCUT2D eigenvalue weighted by atomic mass is 9.87. The van der Waals surface area contributed by atoms with Crippen molar-refractivity contribution in [2.24, 2.45) is 23.7 Å². The largest absolute Gasteiger partial charge is 0.355 e. The lowest BCUT2D eigenvalue weighted by Crippen LogP contribution is -2.44. The van der Waals surface area contributed by atoms with E-state index in [1.165, 1.54) is 69.8 Å². The fraction of sp³-hybridized carbons (Fsp3) is 0.608. The second-order valence-electron chi connectivity index (χ2n) is 18.5. The van der Waals surface area contributed by atoms with Gasteiger partial charge in [-0.05, 0) is 80.5 Å². The van der Waals surface area contributed by atoms with E-state index in [0.29, 0.717) is 55.3 Å². The van der Waals surface area contributed by atoms with Crippen LogP contribution in [0.25, 0.3) is 0 Å². The summed E-state index contributed by atoms with van der Waals surface area (Å²) in [5.41, 5.74) is 3.13. The molecule has 7 atom stereocenters. The van der Waals surface area contributed by atoms with Gasteiger partial charge in [0.25, 0.3) is 5.91 Å². The highest BCUT2D eigenvalue weighted by Crippen LogP contribution is 2.49. The van der Waals surface area contributed by atoms with E-state index in [0.717, 1.165) is 31.3 Å². The van der Waals surface area contributed by atoms with Crippen LogP contribution in [0.5, 0.6) is 0 Å². The second kappa shape index (κ2) is 23.1. The first-order valence-electron chi connectivity index (χ1n) is 23.7. The minimum Gasteiger partial charge on any atom is -0.355 e. The molecule has 0 spiro atoms. The Hall–Kier alpha value is -4.44. The summed E-state index contributed by atoms with van der Waals surface area (Å²) in [7, 11) is 0. The van der Waals surface area contributed by atoms with E-state index < -0.39 is 11.8 Å². The average molecular weight is 834 g/mol. The van der Waals surface area contributed by atoms with Crippen LogP contribution in [-0.4, -0.2) is 78.2 Å². The van der Waals surface area contributed by atoms with Crippen molar-refractivity contribution in [3.05, 3.63) is 82.9 Å². The van der Waals surface area contributed by atoms with Gasteiger partial charge >= 0.3 is 0 Å². The maximum Gasteiger partial charge on any atom is 0.253 e. The molecule has 0 aromatic heterocycles. The monoisotopic (exact) mass is 834 g/mol. The van der Waals surface area contributed by atoms with Crippen molar-refractivity contribution in [2.45, 2.75) is 147 Å². The van der Waals surface area contributed by atoms with Crippen molar-refractivity contribution in [1.29, 1.82) is 5.41 Å². The molecular formula is C51H71N5O5. The standard InChI is InChI=1S/C51H71N5O5/c1-3-4-5-6-7-8-9-10-11-12-13-17-27-54-50(60)45-25-20-36(26-28-53-45)30-47(57)38-21-23-39(24-22-38)51(61)56-33-42(43(34-56)49(59)55-46-29-35(46)2)48(58)44(52)32-40-31-41(40)37-18-15-14-16-19-37/h14-16,18-24,35,40-43,45-46,52-53H,3-13,17,25-34H2,1-2H3,(H,54,60)(H,55,59)/t35-,40+,41+,42+,43+,45?,46-/m0/s1. The summed E-state index contributed by atoms with van der Waals surface area (Å²) in [5.74, 6) is -1.44. The molecule has 2 aliphatic carbocycles. The molecule has 1 unspecified atom stereocenters. The number of Topliss-reactive ketones (excluding diaryl/α,β-unsaturated/α-hetero) is 2. The maximum absolute atomic E-state index is 13.8. The molecule has 10 heteroatoms. The molecular weight excluding hydrogens is 763 g/mol. The van der Waals surface area contributed by atoms with Gasteiger partial charge in [-0.1, -0.05) is 139 Å². The topological polar surface area (TPSA) is 149 Å². The van der Waals surface area contributed by atoms with Crippen molar-refractivity contribution in [3.63, 3.8) is 0 Å². The lowest BCUT2D eigenvalue weighted by Gasteiger charge is -2.17. The molecule has 330 valence electrons. The zero-order valence-electron chi connectivity index (χ0n) is 36.9. The molecule has 4 N–H and O–H groups in total. The first kappa shape index (κ1) is 46.1. The summed E-state index contributed by atoms with van der Waals surface area (Å²) in [6.45, 7) is 5.82. The zero-order valence-corrected chi connectivity index (χ0v) is 36.9. The number of hydrogen-bond donors (Lipinski definition) is 4. The van der Waals surface area contributed by atoms with Crippen LogP contribution in [0.4, 0.5) is 0 Å². The minimum absolute atomic E-state index is 0.0128. The Bertz CT molecular complexity index is 1840. The van der Waals surface area contributed by atoms with E-state index >= 15 is 0 Å². The Kier molecular flexibility index (Phi) is 17.5. The van der Waals surface area contributed by atoms with Crippen LogP contribution in [-0.2, 0) is 14.4 Å². The number of likely N-dealkylation sites (tertiary alicyclic amines) is 1. The van der Waals surface area contributed by atoms with Crippen LogP contribution >= 0.6 is 0 Å². The molecule has 3 fully saturated rings. The molecule has 10 nitrogen and oxygen atoms in total. The zero-order chi connectivity index (χ0) is 43.1. The van der Waals surface area contributed by atoms with Gasteiger partial charge in [0, 0.05) is 43.2 Å². The van der Waals surface area contributed by atoms with Gasteiger partial charge in [-0.3, -0.25) is 24.0 Å². The van der Waals surface area contributed by atoms with E-state index in [-0.39, 0.29) is 72.5 Å². The molecule has 0 bridgehead atoms. The number of nitrogens with zero attached hydrogens (tertiary/aromatic N) is 1. The van der Waals surface area contributed by atoms with E-state index in [9.17, 15) is 24.0 Å². The summed E-state index contributed by atoms with van der Waals surface area (Å²) in [4.78, 5) is 69.0. The molecule has 0 radical (unpaired) electrons. The number of carbonyl (C=O) groups is 5. The summed E-state index contributed by atoms with van der Waals surface area (Å²) < 4.78 is 0. The SMILES string of the molecule is CCCCCCCCCCCCCCNC(=O)C1CC=C(CC(=O)c2ccc(C(=O)N3C[C@@H](C(=O)N[C@H]4C[C@@H]4C)[C@H](C(=O)C(=N)C[C@H]4C[C@@H]4c4ccccc4)C3)cc2)CCN1. The highest BCUT2D eigenvalue weighted by atomic mass is 16.2. The third-order valence-electron chi connectivity index (χ3n) is 13.6. The number of amides is 3. The van der Waals surface area contributed by atoms with Crippen molar-refractivity contribution in [1.82, 2.24) is 20.9 Å². The predicted molar refractivity (Wildman–Crippen MR) is 242 cm³/mol. The lowest BCUT2D eigenvalue weighted by molar-refractivity contribution is -0.129. The number of nitrogens with one attached hydrogen (secondary N) is 4. The first-order valence-corrected chi connectivity index (χ1v) is 23.7. The van der Waals surface area contributed by atoms with E-state index in [1.807, 2.05) is 24.3 Å². The van der Waals surface area contributed by atoms with E-state index in [1.54, 1.807) is 29.2 Å². The summed E-state index contributed by atoms with van der Waals surface area (Å²) in [6, 6.07) is 16.6. The van der Waals surface area contributed by atoms with Crippen LogP contribution in [0.3, 0.4) is 0 Å². The van der Waals surface area contributed by atoms with Gasteiger partial charge < -0.3 is 26.3 Å². The van der Waals surface area contributed by atoms with E-state index in [2.05, 4.69) is 41.9 Å².